The van der Waals surface area contributed by atoms with Gasteiger partial charge in [0.1, 0.15) is 98.6 Å². The monoisotopic (exact) mass is 997 g/mol. The van der Waals surface area contributed by atoms with Gasteiger partial charge >= 0.3 is 11.9 Å². The third-order valence-electron chi connectivity index (χ3n) is 11.6. The van der Waals surface area contributed by atoms with E-state index in [0.29, 0.717) is 0 Å². The number of carbonyl (C=O) groups excluding carboxylic acids is 3. The first-order valence-corrected chi connectivity index (χ1v) is 20.7. The number of aliphatic hydroxyl groups excluding tert-OH is 15. The predicted octanol–water partition coefficient (Wildman–Crippen LogP) is -13.0. The molecule has 0 aliphatic carbocycles. The molecule has 0 saturated carbocycles. The first kappa shape index (κ1) is 57.1. The molecule has 392 valence electrons. The maximum Gasteiger partial charge on any atom is 0.364 e. The van der Waals surface area contributed by atoms with Crippen LogP contribution in [-0.4, -0.2) is 290 Å². The number of nitrogens with one attached hydrogen (secondary N) is 3. The van der Waals surface area contributed by atoms with Crippen molar-refractivity contribution in [3.8, 4) is 0 Å². The minimum Gasteiger partial charge on any atom is -0.477 e. The Morgan fingerprint density at radius 2 is 1.15 bits per heavy atom. The average Bonchev–Trinajstić information content (AvgIpc) is 3.30. The fraction of sp³-hybridized carbons (Fsp3) is 0.861. The maximum atomic E-state index is 13.2. The van der Waals surface area contributed by atoms with Crippen molar-refractivity contribution in [3.05, 3.63) is 0 Å². The molecule has 32 heteroatoms. The predicted molar refractivity (Wildman–Crippen MR) is 206 cm³/mol. The van der Waals surface area contributed by atoms with Crippen molar-refractivity contribution in [3.63, 3.8) is 0 Å². The Bertz CT molecular complexity index is 1720. The summed E-state index contributed by atoms with van der Waals surface area (Å²) in [6.07, 6.45) is -40.0. The Balaban J connectivity index is 1.74. The van der Waals surface area contributed by atoms with E-state index in [4.69, 9.17) is 33.2 Å². The molecule has 22 atom stereocenters. The summed E-state index contributed by atoms with van der Waals surface area (Å²) >= 11 is 0. The number of carboxylic acids is 2. The van der Waals surface area contributed by atoms with Crippen molar-refractivity contribution < 1.29 is 144 Å². The summed E-state index contributed by atoms with van der Waals surface area (Å²) in [5, 5.41) is 186. The van der Waals surface area contributed by atoms with Crippen LogP contribution in [0.1, 0.15) is 19.8 Å². The first-order chi connectivity index (χ1) is 31.9. The maximum absolute atomic E-state index is 13.2. The number of aliphatic carboxylic acids is 2. The number of aliphatic hydroxyl groups is 15. The molecule has 4 aliphatic rings. The lowest BCUT2D eigenvalue weighted by Gasteiger charge is -2.51. The number of carboxylic acid groups (broad SMARTS) is 2. The molecule has 4 saturated heterocycles. The smallest absolute Gasteiger partial charge is 0.364 e. The zero-order chi connectivity index (χ0) is 51.2. The van der Waals surface area contributed by atoms with Gasteiger partial charge in [0.2, 0.25) is 17.7 Å². The zero-order valence-electron chi connectivity index (χ0n) is 35.7. The Kier molecular flexibility index (Phi) is 20.2. The van der Waals surface area contributed by atoms with Crippen LogP contribution in [0.4, 0.5) is 0 Å². The number of hydrogen-bond acceptors (Lipinski definition) is 27. The fourth-order valence-corrected chi connectivity index (χ4v) is 8.16. The summed E-state index contributed by atoms with van der Waals surface area (Å²) < 4.78 is 38.7. The third-order valence-corrected chi connectivity index (χ3v) is 11.6. The Morgan fingerprint density at radius 1 is 0.632 bits per heavy atom. The van der Waals surface area contributed by atoms with E-state index < -0.39 is 216 Å². The van der Waals surface area contributed by atoms with Gasteiger partial charge in [-0.05, 0) is 0 Å². The highest BCUT2D eigenvalue weighted by Gasteiger charge is 2.62. The third kappa shape index (κ3) is 12.3. The molecule has 68 heavy (non-hydrogen) atoms. The van der Waals surface area contributed by atoms with Crippen LogP contribution in [0.5, 0.6) is 0 Å². The van der Waals surface area contributed by atoms with E-state index in [0.717, 1.165) is 6.92 Å². The molecule has 4 rings (SSSR count). The zero-order valence-corrected chi connectivity index (χ0v) is 35.7. The molecule has 3 amide bonds. The lowest BCUT2D eigenvalue weighted by molar-refractivity contribution is -0.384. The molecule has 0 aromatic heterocycles. The minimum atomic E-state index is -3.43. The SMILES string of the molecule is CC(=O)N[C@@H]1[C@@H](O)[C@H](O[C@@H]2O[C@H](CO)[C@H](O)[C@H](O[C@]3(C(=O)O)C[C@H](O)[C@@H](NC(=O)CO)[C@H]([C@H](O)[C@@H](CO)O[C@]4(C(=O)O)C[C@H](O)[C@@H](NC(=O)CO)[C@H]([C@H](O)[C@H](O)CO)O4)O3)[C@H]2O)[C@@H](CO)O[C@H]1O. The van der Waals surface area contributed by atoms with E-state index in [-0.39, 0.29) is 0 Å². The molecule has 0 aromatic rings. The molecule has 4 heterocycles. The molecular weight excluding hydrogens is 938 g/mol. The number of amides is 3. The molecule has 4 aliphatic heterocycles. The van der Waals surface area contributed by atoms with Crippen molar-refractivity contribution in [1.82, 2.24) is 16.0 Å². The highest BCUT2D eigenvalue weighted by molar-refractivity contribution is 5.79. The van der Waals surface area contributed by atoms with Crippen LogP contribution in [0.25, 0.3) is 0 Å². The van der Waals surface area contributed by atoms with Gasteiger partial charge in [-0.15, -0.1) is 0 Å². The summed E-state index contributed by atoms with van der Waals surface area (Å²) in [6, 6.07) is -5.57. The number of rotatable bonds is 21. The quantitative estimate of drug-likeness (QED) is 0.0508. The van der Waals surface area contributed by atoms with Crippen LogP contribution in [0.15, 0.2) is 0 Å². The number of ether oxygens (including phenoxy) is 7. The van der Waals surface area contributed by atoms with E-state index in [1.54, 1.807) is 0 Å². The van der Waals surface area contributed by atoms with Crippen molar-refractivity contribution in [2.45, 2.75) is 154 Å². The van der Waals surface area contributed by atoms with Crippen LogP contribution in [0.2, 0.25) is 0 Å². The van der Waals surface area contributed by atoms with Gasteiger partial charge in [-0.25, -0.2) is 9.59 Å². The number of carbonyl (C=O) groups is 5. The van der Waals surface area contributed by atoms with Gasteiger partial charge in [0, 0.05) is 19.8 Å². The van der Waals surface area contributed by atoms with Crippen LogP contribution in [-0.2, 0) is 57.1 Å². The Morgan fingerprint density at radius 3 is 1.62 bits per heavy atom. The second kappa shape index (κ2) is 24.1. The van der Waals surface area contributed by atoms with Crippen LogP contribution in [0.3, 0.4) is 0 Å². The molecule has 20 N–H and O–H groups in total. The van der Waals surface area contributed by atoms with E-state index in [2.05, 4.69) is 5.32 Å². The van der Waals surface area contributed by atoms with Gasteiger partial charge in [-0.2, -0.15) is 0 Å². The van der Waals surface area contributed by atoms with Crippen molar-refractivity contribution in [2.24, 2.45) is 0 Å². The molecule has 0 spiro atoms. The first-order valence-electron chi connectivity index (χ1n) is 20.7. The highest BCUT2D eigenvalue weighted by Crippen LogP contribution is 2.40. The molecule has 0 aromatic carbocycles. The Labute approximate surface area is 382 Å². The molecular formula is C36H59N3O29. The molecule has 0 radical (unpaired) electrons. The average molecular weight is 998 g/mol. The van der Waals surface area contributed by atoms with Gasteiger partial charge in [0.25, 0.3) is 11.6 Å². The van der Waals surface area contributed by atoms with Gasteiger partial charge < -0.3 is 136 Å². The van der Waals surface area contributed by atoms with E-state index >= 15 is 0 Å². The van der Waals surface area contributed by atoms with Crippen LogP contribution >= 0.6 is 0 Å². The van der Waals surface area contributed by atoms with Gasteiger partial charge in [0.15, 0.2) is 12.6 Å². The fourth-order valence-electron chi connectivity index (χ4n) is 8.16. The largest absolute Gasteiger partial charge is 0.477 e. The summed E-state index contributed by atoms with van der Waals surface area (Å²) in [7, 11) is 0. The van der Waals surface area contributed by atoms with E-state index in [1.807, 2.05) is 10.6 Å². The van der Waals surface area contributed by atoms with E-state index in [1.165, 1.54) is 0 Å². The molecule has 0 unspecified atom stereocenters. The normalized spacial score (nSPS) is 40.5. The van der Waals surface area contributed by atoms with Gasteiger partial charge in [0.05, 0.1) is 50.7 Å². The lowest BCUT2D eigenvalue weighted by atomic mass is 9.87. The second-order valence-corrected chi connectivity index (χ2v) is 16.3. The standard InChI is InChI=1S/C36H59N3O29/c1-10(46)37-21-25(55)27(16(7-43)62-31(21)57)64-32-26(56)30(23(53)14(5-41)63-32)68-36(34(60)61)3-12(48)20(39-18(51)9-45)29(67-36)24(54)15(6-42)65-35(33(58)59)2-11(47)19(38-17(50)8-44)28(66-35)22(52)13(49)4-40/h11-16,19-32,40-45,47-49,52-57H,2-9H2,1H3,(H,37,46)(H,38,50)(H,39,51)(H,58,59)(H,60,61)/t11-,12-,13+,14+,15+,16+,19+,20+,21+,22+,23-,24+,25+,26+,27+,28+,29+,30-,31+,32-,35+,36-/m0/s1. The van der Waals surface area contributed by atoms with Crippen molar-refractivity contribution in [1.29, 1.82) is 0 Å². The second-order valence-electron chi connectivity index (χ2n) is 16.3. The molecule has 32 nitrogen and oxygen atoms in total. The summed E-state index contributed by atoms with van der Waals surface area (Å²) in [6.45, 7) is -6.37. The Hall–Kier alpha value is -3.53. The molecule has 0 bridgehead atoms. The summed E-state index contributed by atoms with van der Waals surface area (Å²) in [5.41, 5.74) is 0. The van der Waals surface area contributed by atoms with Gasteiger partial charge in [-0.1, -0.05) is 0 Å². The van der Waals surface area contributed by atoms with Crippen LogP contribution in [0, 0.1) is 0 Å². The molecule has 4 fully saturated rings. The number of hydrogen-bond donors (Lipinski definition) is 20. The minimum absolute atomic E-state index is 0.776. The lowest BCUT2D eigenvalue weighted by Crippen LogP contribution is -2.72. The van der Waals surface area contributed by atoms with Crippen molar-refractivity contribution >= 4 is 29.7 Å². The highest BCUT2D eigenvalue weighted by atomic mass is 16.8. The van der Waals surface area contributed by atoms with Crippen LogP contribution < -0.4 is 16.0 Å². The van der Waals surface area contributed by atoms with Crippen molar-refractivity contribution in [2.75, 3.05) is 39.6 Å². The summed E-state index contributed by atoms with van der Waals surface area (Å²) in [4.78, 5) is 62.5. The summed E-state index contributed by atoms with van der Waals surface area (Å²) in [5.74, 6) is -14.5. The van der Waals surface area contributed by atoms with Gasteiger partial charge in [-0.3, -0.25) is 14.4 Å². The van der Waals surface area contributed by atoms with E-state index in [9.17, 15) is 111 Å². The topological polar surface area (TPSA) is 530 Å².